The van der Waals surface area contributed by atoms with Gasteiger partial charge < -0.3 is 4.74 Å². The Morgan fingerprint density at radius 1 is 1.44 bits per heavy atom. The molecule has 0 fully saturated rings. The van der Waals surface area contributed by atoms with Crippen molar-refractivity contribution in [1.29, 1.82) is 0 Å². The Morgan fingerprint density at radius 3 is 2.50 bits per heavy atom. The summed E-state index contributed by atoms with van der Waals surface area (Å²) in [5, 5.41) is 11.0. The highest BCUT2D eigenvalue weighted by Gasteiger charge is 2.18. The highest BCUT2D eigenvalue weighted by molar-refractivity contribution is 9.11. The number of hydrogen-bond acceptors (Lipinski definition) is 3. The van der Waals surface area contributed by atoms with E-state index >= 15 is 0 Å². The van der Waals surface area contributed by atoms with Gasteiger partial charge in [-0.3, -0.25) is 10.1 Å². The number of nitrogens with zero attached hydrogens (tertiary/aromatic N) is 1. The minimum Gasteiger partial charge on any atom is -0.495 e. The van der Waals surface area contributed by atoms with Gasteiger partial charge in [0.1, 0.15) is 5.75 Å². The smallest absolute Gasteiger partial charge is 0.249 e. The van der Waals surface area contributed by atoms with Crippen LogP contribution < -0.4 is 4.74 Å². The fraction of sp³-hybridized carbons (Fsp3) is 0.333. The van der Waals surface area contributed by atoms with Crippen LogP contribution in [-0.4, -0.2) is 12.0 Å². The van der Waals surface area contributed by atoms with Gasteiger partial charge in [0.25, 0.3) is 0 Å². The summed E-state index contributed by atoms with van der Waals surface area (Å²) in [6.45, 7) is 3.57. The van der Waals surface area contributed by atoms with Crippen LogP contribution in [0.4, 0.5) is 0 Å². The second kappa shape index (κ2) is 6.33. The summed E-state index contributed by atoms with van der Waals surface area (Å²) < 4.78 is 6.83. The Bertz CT molecular complexity index is 498. The van der Waals surface area contributed by atoms with Gasteiger partial charge in [0, 0.05) is 22.0 Å². The number of allylic oxidation sites excluding steroid dienone is 1. The third kappa shape index (κ3) is 3.55. The lowest BCUT2D eigenvalue weighted by Crippen LogP contribution is -2.05. The number of nitro groups is 1. The molecule has 0 radical (unpaired) electrons. The number of ether oxygens (including phenoxy) is 1. The second-order valence-corrected chi connectivity index (χ2v) is 5.76. The zero-order chi connectivity index (χ0) is 13.9. The van der Waals surface area contributed by atoms with Gasteiger partial charge >= 0.3 is 0 Å². The summed E-state index contributed by atoms with van der Waals surface area (Å²) in [7, 11) is 1.53. The van der Waals surface area contributed by atoms with Gasteiger partial charge in [-0.05, 0) is 28.1 Å². The van der Waals surface area contributed by atoms with Crippen molar-refractivity contribution in [2.24, 2.45) is 5.92 Å². The molecule has 0 spiro atoms. The molecule has 0 bridgehead atoms. The second-order valence-electron chi connectivity index (χ2n) is 3.99. The van der Waals surface area contributed by atoms with Crippen molar-refractivity contribution in [2.75, 3.05) is 7.11 Å². The van der Waals surface area contributed by atoms with E-state index < -0.39 is 0 Å². The summed E-state index contributed by atoms with van der Waals surface area (Å²) in [6, 6.07) is 3.62. The molecule has 0 unspecified atom stereocenters. The van der Waals surface area contributed by atoms with Gasteiger partial charge in [0.05, 0.1) is 16.5 Å². The highest BCUT2D eigenvalue weighted by Crippen LogP contribution is 2.34. The zero-order valence-corrected chi connectivity index (χ0v) is 13.4. The van der Waals surface area contributed by atoms with E-state index in [1.165, 1.54) is 7.11 Å². The van der Waals surface area contributed by atoms with Crippen molar-refractivity contribution in [1.82, 2.24) is 0 Å². The first-order valence-corrected chi connectivity index (χ1v) is 6.84. The summed E-state index contributed by atoms with van der Waals surface area (Å²) in [5.74, 6) is 0.417. The lowest BCUT2D eigenvalue weighted by atomic mass is 10.1. The number of hydrogen-bond donors (Lipinski definition) is 0. The molecule has 0 aliphatic heterocycles. The largest absolute Gasteiger partial charge is 0.495 e. The van der Waals surface area contributed by atoms with E-state index in [4.69, 9.17) is 4.74 Å². The molecule has 1 aromatic rings. The summed E-state index contributed by atoms with van der Waals surface area (Å²) in [6.07, 6.45) is 1.54. The molecule has 0 saturated carbocycles. The molecule has 0 heterocycles. The van der Waals surface area contributed by atoms with Gasteiger partial charge in [0.15, 0.2) is 0 Å². The van der Waals surface area contributed by atoms with Gasteiger partial charge in [-0.1, -0.05) is 29.8 Å². The van der Waals surface area contributed by atoms with Crippen molar-refractivity contribution in [3.8, 4) is 5.75 Å². The van der Waals surface area contributed by atoms with E-state index in [2.05, 4.69) is 31.9 Å². The SMILES string of the molecule is COc1c(Br)cc(Br)cc1/C=C(/C(C)C)[N+](=O)[O-]. The maximum absolute atomic E-state index is 11.0. The van der Waals surface area contributed by atoms with Gasteiger partial charge in [-0.25, -0.2) is 0 Å². The van der Waals surface area contributed by atoms with E-state index in [1.807, 2.05) is 6.07 Å². The zero-order valence-electron chi connectivity index (χ0n) is 10.2. The third-order valence-corrected chi connectivity index (χ3v) is 3.39. The molecular weight excluding hydrogens is 366 g/mol. The average Bonchev–Trinajstić information content (AvgIpc) is 2.24. The lowest BCUT2D eigenvalue weighted by Gasteiger charge is -2.09. The summed E-state index contributed by atoms with van der Waals surface area (Å²) >= 11 is 6.72. The molecule has 1 aromatic carbocycles. The molecule has 1 rings (SSSR count). The minimum absolute atomic E-state index is 0.151. The van der Waals surface area contributed by atoms with Gasteiger partial charge in [-0.2, -0.15) is 0 Å². The Hall–Kier alpha value is -0.880. The van der Waals surface area contributed by atoms with Crippen molar-refractivity contribution in [3.63, 3.8) is 0 Å². The molecule has 6 heteroatoms. The Labute approximate surface area is 122 Å². The first-order chi connectivity index (χ1) is 8.36. The van der Waals surface area contributed by atoms with Crippen molar-refractivity contribution >= 4 is 37.9 Å². The molecule has 18 heavy (non-hydrogen) atoms. The molecule has 0 N–H and O–H groups in total. The van der Waals surface area contributed by atoms with E-state index in [0.717, 1.165) is 8.95 Å². The molecular formula is C12H13Br2NO3. The van der Waals surface area contributed by atoms with Gasteiger partial charge in [-0.15, -0.1) is 0 Å². The van der Waals surface area contributed by atoms with Crippen LogP contribution in [0.5, 0.6) is 5.75 Å². The summed E-state index contributed by atoms with van der Waals surface area (Å²) in [4.78, 5) is 10.6. The van der Waals surface area contributed by atoms with Crippen LogP contribution in [0.2, 0.25) is 0 Å². The Kier molecular flexibility index (Phi) is 5.34. The van der Waals surface area contributed by atoms with Crippen LogP contribution in [0, 0.1) is 16.0 Å². The monoisotopic (exact) mass is 377 g/mol. The standard InChI is InChI=1S/C12H13Br2NO3/c1-7(2)11(15(16)17)5-8-4-9(13)6-10(14)12(8)18-3/h4-7H,1-3H3/b11-5-. The number of rotatable bonds is 4. The fourth-order valence-electron chi connectivity index (χ4n) is 1.49. The molecule has 0 amide bonds. The van der Waals surface area contributed by atoms with Crippen LogP contribution in [0.15, 0.2) is 26.8 Å². The Morgan fingerprint density at radius 2 is 2.06 bits per heavy atom. The maximum Gasteiger partial charge on any atom is 0.249 e. The van der Waals surface area contributed by atoms with E-state index in [9.17, 15) is 10.1 Å². The first kappa shape index (κ1) is 15.2. The fourth-order valence-corrected chi connectivity index (χ4v) is 2.91. The third-order valence-electron chi connectivity index (χ3n) is 2.35. The molecule has 98 valence electrons. The molecule has 0 aliphatic rings. The average molecular weight is 379 g/mol. The molecule has 0 aliphatic carbocycles. The van der Waals surface area contributed by atoms with E-state index in [0.29, 0.717) is 11.3 Å². The predicted molar refractivity (Wildman–Crippen MR) is 78.2 cm³/mol. The summed E-state index contributed by atoms with van der Waals surface area (Å²) in [5.41, 5.74) is 0.817. The van der Waals surface area contributed by atoms with Crippen LogP contribution in [-0.2, 0) is 0 Å². The predicted octanol–water partition coefficient (Wildman–Crippen LogP) is 4.49. The van der Waals surface area contributed by atoms with Crippen molar-refractivity contribution < 1.29 is 9.66 Å². The minimum atomic E-state index is -0.362. The molecule has 0 atom stereocenters. The molecule has 0 saturated heterocycles. The molecule has 4 nitrogen and oxygen atoms in total. The van der Waals surface area contributed by atoms with E-state index in [1.54, 1.807) is 26.0 Å². The van der Waals surface area contributed by atoms with Crippen molar-refractivity contribution in [2.45, 2.75) is 13.8 Å². The number of halogens is 2. The normalized spacial score (nSPS) is 11.8. The maximum atomic E-state index is 11.0. The highest BCUT2D eigenvalue weighted by atomic mass is 79.9. The first-order valence-electron chi connectivity index (χ1n) is 5.25. The molecule has 0 aromatic heterocycles. The van der Waals surface area contributed by atoms with Crippen LogP contribution in [0.1, 0.15) is 19.4 Å². The number of benzene rings is 1. The van der Waals surface area contributed by atoms with Crippen LogP contribution >= 0.6 is 31.9 Å². The van der Waals surface area contributed by atoms with Crippen LogP contribution in [0.25, 0.3) is 6.08 Å². The topological polar surface area (TPSA) is 52.4 Å². The van der Waals surface area contributed by atoms with Gasteiger partial charge in [0.2, 0.25) is 5.70 Å². The number of methoxy groups -OCH3 is 1. The quantitative estimate of drug-likeness (QED) is 0.572. The van der Waals surface area contributed by atoms with Crippen molar-refractivity contribution in [3.05, 3.63) is 42.5 Å². The Balaban J connectivity index is 3.40. The van der Waals surface area contributed by atoms with Crippen LogP contribution in [0.3, 0.4) is 0 Å². The van der Waals surface area contributed by atoms with E-state index in [-0.39, 0.29) is 16.5 Å². The lowest BCUT2D eigenvalue weighted by molar-refractivity contribution is -0.431.